The molecule has 6 nitrogen and oxygen atoms in total. The van der Waals surface area contributed by atoms with Gasteiger partial charge in [0.25, 0.3) is 5.91 Å². The summed E-state index contributed by atoms with van der Waals surface area (Å²) in [6.07, 6.45) is 3.06. The zero-order valence-electron chi connectivity index (χ0n) is 17.7. The van der Waals surface area contributed by atoms with Crippen LogP contribution in [0.15, 0.2) is 59.5 Å². The lowest BCUT2D eigenvalue weighted by Crippen LogP contribution is -2.36. The summed E-state index contributed by atoms with van der Waals surface area (Å²) in [5.41, 5.74) is 1.64. The Morgan fingerprint density at radius 3 is 2.27 bits per heavy atom. The van der Waals surface area contributed by atoms with Crippen LogP contribution in [0.3, 0.4) is 0 Å². The summed E-state index contributed by atoms with van der Waals surface area (Å²) in [6, 6.07) is 16.3. The summed E-state index contributed by atoms with van der Waals surface area (Å²) >= 11 is 0. The third kappa shape index (κ3) is 5.68. The molecular formula is C23H31N3O3S. The highest BCUT2D eigenvalue weighted by Crippen LogP contribution is 2.24. The fourth-order valence-electron chi connectivity index (χ4n) is 3.68. The van der Waals surface area contributed by atoms with Gasteiger partial charge < -0.3 is 5.32 Å². The maximum absolute atomic E-state index is 12.7. The van der Waals surface area contributed by atoms with E-state index >= 15 is 0 Å². The molecule has 0 radical (unpaired) electrons. The molecule has 1 fully saturated rings. The van der Waals surface area contributed by atoms with Gasteiger partial charge in [-0.1, -0.05) is 37.3 Å². The van der Waals surface area contributed by atoms with Crippen molar-refractivity contribution in [3.05, 3.63) is 65.7 Å². The van der Waals surface area contributed by atoms with Gasteiger partial charge in [0.15, 0.2) is 0 Å². The summed E-state index contributed by atoms with van der Waals surface area (Å²) < 4.78 is 27.4. The van der Waals surface area contributed by atoms with E-state index in [2.05, 4.69) is 27.1 Å². The van der Waals surface area contributed by atoms with Crippen LogP contribution in [0.1, 0.15) is 55.1 Å². The minimum Gasteiger partial charge on any atom is -0.350 e. The molecule has 0 bridgehead atoms. The molecule has 2 atom stereocenters. The lowest BCUT2D eigenvalue weighted by Gasteiger charge is -2.28. The minimum absolute atomic E-state index is 0.136. The van der Waals surface area contributed by atoms with Gasteiger partial charge in [-0.05, 0) is 69.1 Å². The summed E-state index contributed by atoms with van der Waals surface area (Å²) in [7, 11) is -3.58. The first-order chi connectivity index (χ1) is 14.4. The molecule has 3 rings (SSSR count). The van der Waals surface area contributed by atoms with Crippen LogP contribution in [-0.4, -0.2) is 44.9 Å². The molecule has 7 heteroatoms. The van der Waals surface area contributed by atoms with Crippen LogP contribution in [0.2, 0.25) is 0 Å². The van der Waals surface area contributed by atoms with Gasteiger partial charge >= 0.3 is 0 Å². The first-order valence-electron chi connectivity index (χ1n) is 10.6. The molecule has 0 spiro atoms. The molecule has 1 amide bonds. The average molecular weight is 430 g/mol. The van der Waals surface area contributed by atoms with Gasteiger partial charge in [-0.15, -0.1) is 0 Å². The molecule has 2 aromatic carbocycles. The monoisotopic (exact) mass is 429 g/mol. The number of rotatable bonds is 9. The number of likely N-dealkylation sites (tertiary alicyclic amines) is 1. The van der Waals surface area contributed by atoms with Crippen molar-refractivity contribution in [2.45, 2.75) is 50.1 Å². The van der Waals surface area contributed by atoms with Crippen LogP contribution in [0.25, 0.3) is 0 Å². The van der Waals surface area contributed by atoms with E-state index in [9.17, 15) is 13.2 Å². The second-order valence-electron chi connectivity index (χ2n) is 7.83. The van der Waals surface area contributed by atoms with E-state index in [0.29, 0.717) is 18.5 Å². The first-order valence-corrected chi connectivity index (χ1v) is 12.1. The third-order valence-corrected chi connectivity index (χ3v) is 7.22. The topological polar surface area (TPSA) is 78.5 Å². The van der Waals surface area contributed by atoms with Crippen molar-refractivity contribution >= 4 is 15.9 Å². The molecule has 2 aromatic rings. The zero-order valence-corrected chi connectivity index (χ0v) is 18.5. The summed E-state index contributed by atoms with van der Waals surface area (Å²) in [6.45, 7) is 6.32. The molecule has 1 heterocycles. The Balaban J connectivity index is 1.66. The first kappa shape index (κ1) is 22.5. The predicted molar refractivity (Wildman–Crippen MR) is 119 cm³/mol. The van der Waals surface area contributed by atoms with E-state index in [-0.39, 0.29) is 22.9 Å². The lowest BCUT2D eigenvalue weighted by atomic mass is 10.1. The summed E-state index contributed by atoms with van der Waals surface area (Å²) in [4.78, 5) is 15.3. The van der Waals surface area contributed by atoms with E-state index in [0.717, 1.165) is 13.1 Å². The molecule has 0 aliphatic carbocycles. The van der Waals surface area contributed by atoms with E-state index in [1.54, 1.807) is 12.1 Å². The number of nitrogens with one attached hydrogen (secondary N) is 2. The maximum Gasteiger partial charge on any atom is 0.251 e. The molecule has 162 valence electrons. The van der Waals surface area contributed by atoms with Gasteiger partial charge in [-0.25, -0.2) is 13.1 Å². The highest BCUT2D eigenvalue weighted by Gasteiger charge is 2.24. The van der Waals surface area contributed by atoms with Gasteiger partial charge in [0.1, 0.15) is 0 Å². The number of benzene rings is 2. The highest BCUT2D eigenvalue weighted by molar-refractivity contribution is 7.89. The Hall–Kier alpha value is -2.22. The molecule has 2 N–H and O–H groups in total. The Bertz CT molecular complexity index is 924. The van der Waals surface area contributed by atoms with Crippen molar-refractivity contribution in [1.29, 1.82) is 0 Å². The molecule has 2 unspecified atom stereocenters. The predicted octanol–water partition coefficient (Wildman–Crippen LogP) is 3.33. The molecule has 0 aromatic heterocycles. The van der Waals surface area contributed by atoms with E-state index in [4.69, 9.17) is 0 Å². The van der Waals surface area contributed by atoms with Crippen LogP contribution in [0.5, 0.6) is 0 Å². The minimum atomic E-state index is -3.58. The van der Waals surface area contributed by atoms with E-state index < -0.39 is 10.0 Å². The number of amides is 1. The van der Waals surface area contributed by atoms with Crippen molar-refractivity contribution in [3.8, 4) is 0 Å². The third-order valence-electron chi connectivity index (χ3n) is 5.62. The second kappa shape index (κ2) is 10.2. The number of carbonyl (C=O) groups excluding carboxylic acids is 1. The second-order valence-corrected chi connectivity index (χ2v) is 9.55. The largest absolute Gasteiger partial charge is 0.350 e. The van der Waals surface area contributed by atoms with Gasteiger partial charge in [0, 0.05) is 18.2 Å². The average Bonchev–Trinajstić information content (AvgIpc) is 3.29. The van der Waals surface area contributed by atoms with Crippen molar-refractivity contribution in [2.24, 2.45) is 0 Å². The van der Waals surface area contributed by atoms with Crippen LogP contribution in [0.4, 0.5) is 0 Å². The number of carbonyl (C=O) groups is 1. The Labute approximate surface area is 179 Å². The van der Waals surface area contributed by atoms with Crippen molar-refractivity contribution in [1.82, 2.24) is 14.9 Å². The lowest BCUT2D eigenvalue weighted by molar-refractivity contribution is 0.0938. The number of sulfonamides is 1. The number of hydrogen-bond donors (Lipinski definition) is 2. The molecule has 1 aliphatic rings. The Morgan fingerprint density at radius 2 is 1.67 bits per heavy atom. The number of nitrogens with zero attached hydrogens (tertiary/aromatic N) is 1. The standard InChI is InChI=1S/C23H31N3O3S/c1-3-18(2)25-30(28,29)21-13-11-20(12-14-21)23(27)24-17-22(26-15-7-8-16-26)19-9-5-4-6-10-19/h4-6,9-14,18,22,25H,3,7-8,15-17H2,1-2H3,(H,24,27). The highest BCUT2D eigenvalue weighted by atomic mass is 32.2. The molecule has 0 saturated carbocycles. The molecule has 1 saturated heterocycles. The van der Waals surface area contributed by atoms with Gasteiger partial charge in [-0.3, -0.25) is 9.69 Å². The quantitative estimate of drug-likeness (QED) is 0.641. The SMILES string of the molecule is CCC(C)NS(=O)(=O)c1ccc(C(=O)NCC(c2ccccc2)N2CCCC2)cc1. The molecule has 1 aliphatic heterocycles. The van der Waals surface area contributed by atoms with Gasteiger partial charge in [0.05, 0.1) is 10.9 Å². The van der Waals surface area contributed by atoms with Crippen molar-refractivity contribution in [2.75, 3.05) is 19.6 Å². The Morgan fingerprint density at radius 1 is 1.03 bits per heavy atom. The van der Waals surface area contributed by atoms with Crippen LogP contribution >= 0.6 is 0 Å². The summed E-state index contributed by atoms with van der Waals surface area (Å²) in [5, 5.41) is 3.03. The van der Waals surface area contributed by atoms with Gasteiger partial charge in [0.2, 0.25) is 10.0 Å². The molecule has 30 heavy (non-hydrogen) atoms. The van der Waals surface area contributed by atoms with E-state index in [1.807, 2.05) is 32.0 Å². The number of hydrogen-bond acceptors (Lipinski definition) is 4. The van der Waals surface area contributed by atoms with Crippen LogP contribution in [0, 0.1) is 0 Å². The fraction of sp³-hybridized carbons (Fsp3) is 0.435. The fourth-order valence-corrected chi connectivity index (χ4v) is 5.01. The van der Waals surface area contributed by atoms with Crippen molar-refractivity contribution < 1.29 is 13.2 Å². The van der Waals surface area contributed by atoms with Crippen molar-refractivity contribution in [3.63, 3.8) is 0 Å². The molecular weight excluding hydrogens is 398 g/mol. The Kier molecular flexibility index (Phi) is 7.64. The maximum atomic E-state index is 12.7. The zero-order chi connectivity index (χ0) is 21.6. The van der Waals surface area contributed by atoms with E-state index in [1.165, 1.54) is 30.5 Å². The normalized spacial score (nSPS) is 16.9. The van der Waals surface area contributed by atoms with Crippen LogP contribution in [-0.2, 0) is 10.0 Å². The smallest absolute Gasteiger partial charge is 0.251 e. The van der Waals surface area contributed by atoms with Gasteiger partial charge in [-0.2, -0.15) is 0 Å². The van der Waals surface area contributed by atoms with Crippen LogP contribution < -0.4 is 10.0 Å². The summed E-state index contributed by atoms with van der Waals surface area (Å²) in [5.74, 6) is -0.200.